The fraction of sp³-hybridized carbons (Fsp3) is 0.615. The van der Waals surface area contributed by atoms with Gasteiger partial charge < -0.3 is 40.5 Å². The number of β-lactam (4-membered cyclic amide) rings is 1. The van der Waals surface area contributed by atoms with Crippen LogP contribution in [0.4, 0.5) is 10.6 Å². The average molecular weight is 569 g/mol. The SMILES string of the molecule is CN1C(=O)CC1OC(=O)N1CCC(CC#Cc2nc(N)c3ncn([C@@H]4O[C@H](C(=O)NC5CC5)[C@@H](O)[C@H]4O)c3n2)CC1. The number of nitrogens with one attached hydrogen (secondary N) is 1. The lowest BCUT2D eigenvalue weighted by Gasteiger charge is -2.38. The van der Waals surface area contributed by atoms with E-state index in [1.165, 1.54) is 15.8 Å². The van der Waals surface area contributed by atoms with Gasteiger partial charge in [0.25, 0.3) is 5.91 Å². The summed E-state index contributed by atoms with van der Waals surface area (Å²) in [6.07, 6.45) is -0.627. The van der Waals surface area contributed by atoms with Crippen LogP contribution in [-0.4, -0.2) is 108 Å². The number of aromatic nitrogens is 4. The summed E-state index contributed by atoms with van der Waals surface area (Å²) in [5, 5.41) is 23.9. The fourth-order valence-corrected chi connectivity index (χ4v) is 5.18. The monoisotopic (exact) mass is 568 g/mol. The van der Waals surface area contributed by atoms with Crippen LogP contribution >= 0.6 is 0 Å². The fourth-order valence-electron chi connectivity index (χ4n) is 5.18. The average Bonchev–Trinajstić information content (AvgIpc) is 3.60. The van der Waals surface area contributed by atoms with E-state index in [9.17, 15) is 24.6 Å². The number of ether oxygens (including phenoxy) is 2. The van der Waals surface area contributed by atoms with Crippen LogP contribution in [0.1, 0.15) is 50.6 Å². The molecule has 0 spiro atoms. The third-order valence-corrected chi connectivity index (χ3v) is 8.02. The topological polar surface area (TPSA) is 198 Å². The Balaban J connectivity index is 1.08. The van der Waals surface area contributed by atoms with Gasteiger partial charge in [-0.1, -0.05) is 5.92 Å². The third-order valence-electron chi connectivity index (χ3n) is 8.02. The van der Waals surface area contributed by atoms with E-state index >= 15 is 0 Å². The van der Waals surface area contributed by atoms with Crippen molar-refractivity contribution in [1.29, 1.82) is 0 Å². The van der Waals surface area contributed by atoms with Crippen molar-refractivity contribution in [1.82, 2.24) is 34.6 Å². The van der Waals surface area contributed by atoms with Gasteiger partial charge in [0.05, 0.1) is 12.7 Å². The van der Waals surface area contributed by atoms with E-state index in [1.807, 2.05) is 0 Å². The minimum Gasteiger partial charge on any atom is -0.425 e. The summed E-state index contributed by atoms with van der Waals surface area (Å²) in [6, 6.07) is 0.0774. The molecule has 3 aliphatic heterocycles. The summed E-state index contributed by atoms with van der Waals surface area (Å²) in [7, 11) is 1.61. The molecule has 0 aromatic carbocycles. The molecule has 0 bridgehead atoms. The highest BCUT2D eigenvalue weighted by Gasteiger charge is 2.48. The van der Waals surface area contributed by atoms with Gasteiger partial charge in [-0.25, -0.2) is 19.7 Å². The summed E-state index contributed by atoms with van der Waals surface area (Å²) in [5.41, 5.74) is 6.65. The first kappa shape index (κ1) is 27.2. The largest absolute Gasteiger partial charge is 0.425 e. The number of nitrogens with zero attached hydrogens (tertiary/aromatic N) is 6. The van der Waals surface area contributed by atoms with E-state index in [-0.39, 0.29) is 47.1 Å². The maximum absolute atomic E-state index is 12.5. The number of hydrogen-bond donors (Lipinski definition) is 4. The molecule has 218 valence electrons. The molecule has 6 rings (SSSR count). The van der Waals surface area contributed by atoms with E-state index < -0.39 is 42.8 Å². The van der Waals surface area contributed by atoms with Crippen LogP contribution in [0.3, 0.4) is 0 Å². The molecule has 3 amide bonds. The Morgan fingerprint density at radius 2 is 1.95 bits per heavy atom. The molecule has 5 heterocycles. The van der Waals surface area contributed by atoms with Gasteiger partial charge in [-0.15, -0.1) is 0 Å². The summed E-state index contributed by atoms with van der Waals surface area (Å²) in [5.74, 6) is 6.05. The van der Waals surface area contributed by atoms with Crippen LogP contribution < -0.4 is 11.1 Å². The van der Waals surface area contributed by atoms with E-state index in [0.29, 0.717) is 19.5 Å². The summed E-state index contributed by atoms with van der Waals surface area (Å²) >= 11 is 0. The number of aliphatic hydroxyl groups excluding tert-OH is 2. The predicted molar refractivity (Wildman–Crippen MR) is 140 cm³/mol. The number of imidazole rings is 1. The highest BCUT2D eigenvalue weighted by atomic mass is 16.6. The van der Waals surface area contributed by atoms with E-state index in [2.05, 4.69) is 32.1 Å². The minimum atomic E-state index is -1.42. The van der Waals surface area contributed by atoms with Crippen LogP contribution in [0.15, 0.2) is 6.33 Å². The highest BCUT2D eigenvalue weighted by Crippen LogP contribution is 2.33. The second kappa shape index (κ2) is 10.8. The van der Waals surface area contributed by atoms with E-state index in [1.54, 1.807) is 11.9 Å². The van der Waals surface area contributed by atoms with Crippen molar-refractivity contribution in [2.75, 3.05) is 25.9 Å². The van der Waals surface area contributed by atoms with Crippen LogP contribution in [0.2, 0.25) is 0 Å². The number of carbonyl (C=O) groups excluding carboxylic acids is 3. The lowest BCUT2D eigenvalue weighted by molar-refractivity contribution is -0.161. The number of aliphatic hydroxyl groups is 2. The van der Waals surface area contributed by atoms with Crippen molar-refractivity contribution in [3.05, 3.63) is 12.2 Å². The van der Waals surface area contributed by atoms with E-state index in [0.717, 1.165) is 25.7 Å². The smallest absolute Gasteiger partial charge is 0.411 e. The van der Waals surface area contributed by atoms with Gasteiger partial charge in [-0.3, -0.25) is 14.2 Å². The number of amides is 3. The standard InChI is InChI=1S/C26H32N8O7/c1-32-16(35)11-17(32)40-26(39)33-9-7-13(8-10-33)3-2-4-15-30-22(27)18-23(31-15)34(12-28-18)25-20(37)19(36)21(41-25)24(38)29-14-5-6-14/h12-14,17,19-21,25,36-37H,3,5-11H2,1H3,(H,29,38)(H2,27,30,31)/t17?,19-,20+,21-,25+/m0/s1. The maximum atomic E-state index is 12.5. The quantitative estimate of drug-likeness (QED) is 0.257. The van der Waals surface area contributed by atoms with Crippen molar-refractivity contribution in [3.8, 4) is 11.8 Å². The first-order valence-electron chi connectivity index (χ1n) is 13.7. The van der Waals surface area contributed by atoms with Crippen LogP contribution in [-0.2, 0) is 19.1 Å². The minimum absolute atomic E-state index is 0.0421. The second-order valence-corrected chi connectivity index (χ2v) is 11.0. The Kier molecular flexibility index (Phi) is 7.14. The molecule has 41 heavy (non-hydrogen) atoms. The molecule has 1 saturated carbocycles. The molecule has 4 fully saturated rings. The molecule has 1 unspecified atom stereocenters. The van der Waals surface area contributed by atoms with Crippen molar-refractivity contribution >= 4 is 34.9 Å². The number of carbonyl (C=O) groups is 3. The lowest BCUT2D eigenvalue weighted by atomic mass is 9.94. The molecule has 0 radical (unpaired) electrons. The summed E-state index contributed by atoms with van der Waals surface area (Å²) < 4.78 is 12.6. The van der Waals surface area contributed by atoms with Gasteiger partial charge in [0.2, 0.25) is 11.7 Å². The maximum Gasteiger partial charge on any atom is 0.411 e. The molecule has 1 aliphatic carbocycles. The van der Waals surface area contributed by atoms with Crippen molar-refractivity contribution in [2.24, 2.45) is 5.92 Å². The Morgan fingerprint density at radius 3 is 2.63 bits per heavy atom. The van der Waals surface area contributed by atoms with Gasteiger partial charge in [0.15, 0.2) is 30.0 Å². The summed E-state index contributed by atoms with van der Waals surface area (Å²) in [4.78, 5) is 52.2. The van der Waals surface area contributed by atoms with E-state index in [4.69, 9.17) is 15.2 Å². The van der Waals surface area contributed by atoms with Gasteiger partial charge in [-0.2, -0.15) is 0 Å². The molecular weight excluding hydrogens is 536 g/mol. The first-order chi connectivity index (χ1) is 19.7. The Bertz CT molecular complexity index is 1420. The normalized spacial score (nSPS) is 28.3. The molecule has 3 saturated heterocycles. The lowest BCUT2D eigenvalue weighted by Crippen LogP contribution is -2.54. The summed E-state index contributed by atoms with van der Waals surface area (Å²) in [6.45, 7) is 1.08. The molecule has 5 atom stereocenters. The molecule has 15 nitrogen and oxygen atoms in total. The van der Waals surface area contributed by atoms with Crippen LogP contribution in [0.25, 0.3) is 11.2 Å². The zero-order chi connectivity index (χ0) is 28.8. The molecular formula is C26H32N8O7. The molecule has 4 aliphatic rings. The number of hydrogen-bond acceptors (Lipinski definition) is 11. The molecule has 5 N–H and O–H groups in total. The van der Waals surface area contributed by atoms with Gasteiger partial charge >= 0.3 is 6.09 Å². The Morgan fingerprint density at radius 1 is 1.20 bits per heavy atom. The van der Waals surface area contributed by atoms with Crippen LogP contribution in [0, 0.1) is 17.8 Å². The Labute approximate surface area is 235 Å². The number of rotatable bonds is 5. The third kappa shape index (κ3) is 5.37. The Hall–Kier alpha value is -4.00. The molecule has 2 aromatic rings. The first-order valence-corrected chi connectivity index (χ1v) is 13.7. The zero-order valence-electron chi connectivity index (χ0n) is 22.5. The van der Waals surface area contributed by atoms with Crippen molar-refractivity contribution in [3.63, 3.8) is 0 Å². The number of anilines is 1. The van der Waals surface area contributed by atoms with Gasteiger partial charge in [0, 0.05) is 32.6 Å². The van der Waals surface area contributed by atoms with Crippen molar-refractivity contribution in [2.45, 2.75) is 75.3 Å². The zero-order valence-corrected chi connectivity index (χ0v) is 22.5. The number of fused-ring (bicyclic) bond motifs is 1. The predicted octanol–water partition coefficient (Wildman–Crippen LogP) is -0.915. The second-order valence-electron chi connectivity index (χ2n) is 11.0. The van der Waals surface area contributed by atoms with Crippen molar-refractivity contribution < 1.29 is 34.1 Å². The van der Waals surface area contributed by atoms with Gasteiger partial charge in [0.1, 0.15) is 17.7 Å². The van der Waals surface area contributed by atoms with Crippen LogP contribution in [0.5, 0.6) is 0 Å². The number of nitrogens with two attached hydrogens (primary N) is 1. The number of piperidine rings is 1. The van der Waals surface area contributed by atoms with Gasteiger partial charge in [-0.05, 0) is 37.5 Å². The number of likely N-dealkylation sites (tertiary alicyclic amines) is 2. The highest BCUT2D eigenvalue weighted by molar-refractivity contribution is 5.84. The molecule has 15 heteroatoms. The molecule has 2 aromatic heterocycles. The number of nitrogen functional groups attached to an aromatic ring is 1.